The van der Waals surface area contributed by atoms with E-state index in [0.29, 0.717) is 6.54 Å². The standard InChI is InChI=1S/C15H24N4O3/c1-15(2,21)7-14(20)17-8-11-6-12(22-3)9-19(11)13-4-5-16-10-18-13/h4-5,10-12,21H,6-9H2,1-3H3,(H,17,20)/t11-,12-/m1/s1. The van der Waals surface area contributed by atoms with Gasteiger partial charge in [-0.15, -0.1) is 0 Å². The Morgan fingerprint density at radius 1 is 1.59 bits per heavy atom. The third-order valence-corrected chi connectivity index (χ3v) is 3.70. The van der Waals surface area contributed by atoms with Crippen LogP contribution in [0.4, 0.5) is 5.82 Å². The fourth-order valence-corrected chi connectivity index (χ4v) is 2.66. The summed E-state index contributed by atoms with van der Waals surface area (Å²) in [5, 5.41) is 12.6. The molecule has 0 aromatic carbocycles. The van der Waals surface area contributed by atoms with Gasteiger partial charge in [0.2, 0.25) is 5.91 Å². The van der Waals surface area contributed by atoms with E-state index < -0.39 is 5.60 Å². The maximum atomic E-state index is 11.9. The van der Waals surface area contributed by atoms with Crippen LogP contribution in [0.2, 0.25) is 0 Å². The van der Waals surface area contributed by atoms with Crippen LogP contribution in [-0.2, 0) is 9.53 Å². The molecular weight excluding hydrogens is 284 g/mol. The Morgan fingerprint density at radius 2 is 2.36 bits per heavy atom. The van der Waals surface area contributed by atoms with Gasteiger partial charge in [-0.05, 0) is 26.3 Å². The van der Waals surface area contributed by atoms with Crippen molar-refractivity contribution in [1.29, 1.82) is 0 Å². The Bertz CT molecular complexity index is 489. The van der Waals surface area contributed by atoms with Crippen molar-refractivity contribution in [2.24, 2.45) is 0 Å². The molecule has 1 fully saturated rings. The van der Waals surface area contributed by atoms with E-state index >= 15 is 0 Å². The van der Waals surface area contributed by atoms with Crippen molar-refractivity contribution >= 4 is 11.7 Å². The van der Waals surface area contributed by atoms with Gasteiger partial charge in [0.15, 0.2) is 0 Å². The number of carbonyl (C=O) groups excluding carboxylic acids is 1. The van der Waals surface area contributed by atoms with E-state index in [1.165, 1.54) is 6.33 Å². The highest BCUT2D eigenvalue weighted by Crippen LogP contribution is 2.24. The quantitative estimate of drug-likeness (QED) is 0.788. The van der Waals surface area contributed by atoms with Gasteiger partial charge >= 0.3 is 0 Å². The van der Waals surface area contributed by atoms with E-state index in [0.717, 1.165) is 18.8 Å². The molecule has 2 N–H and O–H groups in total. The Balaban J connectivity index is 1.97. The van der Waals surface area contributed by atoms with E-state index in [9.17, 15) is 9.90 Å². The van der Waals surface area contributed by atoms with Crippen LogP contribution in [0.25, 0.3) is 0 Å². The smallest absolute Gasteiger partial charge is 0.222 e. The highest BCUT2D eigenvalue weighted by atomic mass is 16.5. The molecule has 1 aromatic rings. The van der Waals surface area contributed by atoms with Crippen LogP contribution in [0.15, 0.2) is 18.6 Å². The second-order valence-electron chi connectivity index (χ2n) is 6.26. The van der Waals surface area contributed by atoms with Crippen LogP contribution < -0.4 is 10.2 Å². The summed E-state index contributed by atoms with van der Waals surface area (Å²) >= 11 is 0. The Hall–Kier alpha value is -1.73. The number of aromatic nitrogens is 2. The summed E-state index contributed by atoms with van der Waals surface area (Å²) in [6.45, 7) is 4.48. The minimum Gasteiger partial charge on any atom is -0.390 e. The first kappa shape index (κ1) is 16.6. The number of rotatable bonds is 6. The topological polar surface area (TPSA) is 87.6 Å². The lowest BCUT2D eigenvalue weighted by Crippen LogP contribution is -2.42. The molecule has 0 bridgehead atoms. The lowest BCUT2D eigenvalue weighted by molar-refractivity contribution is -0.125. The minimum atomic E-state index is -0.999. The number of hydrogen-bond donors (Lipinski definition) is 2. The van der Waals surface area contributed by atoms with E-state index in [1.807, 2.05) is 6.07 Å². The summed E-state index contributed by atoms with van der Waals surface area (Å²) < 4.78 is 5.44. The molecule has 0 radical (unpaired) electrons. The Labute approximate surface area is 130 Å². The maximum Gasteiger partial charge on any atom is 0.222 e. The Kier molecular flexibility index (Phi) is 5.31. The number of methoxy groups -OCH3 is 1. The lowest BCUT2D eigenvalue weighted by Gasteiger charge is -2.26. The maximum absolute atomic E-state index is 11.9. The number of nitrogens with one attached hydrogen (secondary N) is 1. The number of nitrogens with zero attached hydrogens (tertiary/aromatic N) is 3. The second-order valence-corrected chi connectivity index (χ2v) is 6.26. The fraction of sp³-hybridized carbons (Fsp3) is 0.667. The minimum absolute atomic E-state index is 0.0843. The molecule has 0 aliphatic carbocycles. The molecule has 7 heteroatoms. The largest absolute Gasteiger partial charge is 0.390 e. The van der Waals surface area contributed by atoms with E-state index in [-0.39, 0.29) is 24.5 Å². The number of ether oxygens (including phenoxy) is 1. The molecule has 1 aliphatic heterocycles. The van der Waals surface area contributed by atoms with Gasteiger partial charge in [0.05, 0.1) is 24.2 Å². The van der Waals surface area contributed by atoms with Crippen LogP contribution >= 0.6 is 0 Å². The summed E-state index contributed by atoms with van der Waals surface area (Å²) in [6.07, 6.45) is 4.24. The first-order valence-corrected chi connectivity index (χ1v) is 7.43. The van der Waals surface area contributed by atoms with Gasteiger partial charge in [0, 0.05) is 26.4 Å². The van der Waals surface area contributed by atoms with Gasteiger partial charge in [0.1, 0.15) is 12.1 Å². The molecule has 0 unspecified atom stereocenters. The normalized spacial score (nSPS) is 21.9. The molecular formula is C15H24N4O3. The third kappa shape index (κ3) is 4.64. The molecule has 22 heavy (non-hydrogen) atoms. The highest BCUT2D eigenvalue weighted by Gasteiger charge is 2.33. The second kappa shape index (κ2) is 7.02. The predicted molar refractivity (Wildman–Crippen MR) is 82.5 cm³/mol. The first-order valence-electron chi connectivity index (χ1n) is 7.43. The van der Waals surface area contributed by atoms with Gasteiger partial charge < -0.3 is 20.1 Å². The van der Waals surface area contributed by atoms with Crippen molar-refractivity contribution in [2.75, 3.05) is 25.1 Å². The van der Waals surface area contributed by atoms with E-state index in [4.69, 9.17) is 4.74 Å². The molecule has 2 rings (SSSR count). The SMILES string of the molecule is CO[C@@H]1C[C@H](CNC(=O)CC(C)(C)O)N(c2ccncn2)C1. The molecule has 1 aromatic heterocycles. The van der Waals surface area contributed by atoms with Crippen LogP contribution in [0.3, 0.4) is 0 Å². The first-order chi connectivity index (χ1) is 10.4. The van der Waals surface area contributed by atoms with Crippen molar-refractivity contribution in [1.82, 2.24) is 15.3 Å². The molecule has 2 heterocycles. The number of aliphatic hydroxyl groups is 1. The summed E-state index contributed by atoms with van der Waals surface area (Å²) in [5.41, 5.74) is -0.999. The molecule has 0 spiro atoms. The zero-order valence-electron chi connectivity index (χ0n) is 13.3. The average Bonchev–Trinajstić information content (AvgIpc) is 2.87. The highest BCUT2D eigenvalue weighted by molar-refractivity contribution is 5.77. The van der Waals surface area contributed by atoms with Gasteiger partial charge in [-0.1, -0.05) is 0 Å². The molecule has 1 amide bonds. The van der Waals surface area contributed by atoms with Gasteiger partial charge in [-0.25, -0.2) is 9.97 Å². The van der Waals surface area contributed by atoms with Crippen molar-refractivity contribution in [3.05, 3.63) is 18.6 Å². The molecule has 122 valence electrons. The predicted octanol–water partition coefficient (Wildman–Crippen LogP) is 0.347. The number of amides is 1. The molecule has 2 atom stereocenters. The third-order valence-electron chi connectivity index (χ3n) is 3.70. The zero-order chi connectivity index (χ0) is 16.2. The van der Waals surface area contributed by atoms with Crippen LogP contribution in [0.5, 0.6) is 0 Å². The Morgan fingerprint density at radius 3 is 2.95 bits per heavy atom. The molecule has 1 aliphatic rings. The van der Waals surface area contributed by atoms with Gasteiger partial charge in [0.25, 0.3) is 0 Å². The number of hydrogen-bond acceptors (Lipinski definition) is 6. The monoisotopic (exact) mass is 308 g/mol. The number of anilines is 1. The molecule has 7 nitrogen and oxygen atoms in total. The van der Waals surface area contributed by atoms with Gasteiger partial charge in [-0.2, -0.15) is 0 Å². The summed E-state index contributed by atoms with van der Waals surface area (Å²) in [4.78, 5) is 22.2. The number of carbonyl (C=O) groups is 1. The van der Waals surface area contributed by atoms with Crippen molar-refractivity contribution in [2.45, 2.75) is 44.4 Å². The van der Waals surface area contributed by atoms with Crippen molar-refractivity contribution < 1.29 is 14.6 Å². The van der Waals surface area contributed by atoms with Crippen molar-refractivity contribution in [3.8, 4) is 0 Å². The van der Waals surface area contributed by atoms with E-state index in [1.54, 1.807) is 27.2 Å². The summed E-state index contributed by atoms with van der Waals surface area (Å²) in [5.74, 6) is 0.673. The van der Waals surface area contributed by atoms with Crippen LogP contribution in [0.1, 0.15) is 26.7 Å². The summed E-state index contributed by atoms with van der Waals surface area (Å²) in [6, 6.07) is 1.97. The van der Waals surface area contributed by atoms with E-state index in [2.05, 4.69) is 20.2 Å². The molecule has 1 saturated heterocycles. The fourth-order valence-electron chi connectivity index (χ4n) is 2.66. The van der Waals surface area contributed by atoms with Gasteiger partial charge in [-0.3, -0.25) is 4.79 Å². The zero-order valence-corrected chi connectivity index (χ0v) is 13.3. The van der Waals surface area contributed by atoms with Crippen molar-refractivity contribution in [3.63, 3.8) is 0 Å². The van der Waals surface area contributed by atoms with Crippen LogP contribution in [-0.4, -0.2) is 58.9 Å². The van der Waals surface area contributed by atoms with Crippen LogP contribution in [0, 0.1) is 0 Å². The summed E-state index contributed by atoms with van der Waals surface area (Å²) in [7, 11) is 1.69. The molecule has 0 saturated carbocycles. The average molecular weight is 308 g/mol. The lowest BCUT2D eigenvalue weighted by atomic mass is 10.1.